The van der Waals surface area contributed by atoms with Crippen LogP contribution in [0.4, 0.5) is 5.69 Å². The molecule has 1 saturated heterocycles. The highest BCUT2D eigenvalue weighted by Gasteiger charge is 2.34. The second-order valence-electron chi connectivity index (χ2n) is 9.50. The molecule has 5 rings (SSSR count). The highest BCUT2D eigenvalue weighted by Crippen LogP contribution is 2.37. The molecule has 33 heavy (non-hydrogen) atoms. The average molecular weight is 436 g/mol. The third kappa shape index (κ3) is 4.41. The van der Waals surface area contributed by atoms with Crippen molar-refractivity contribution >= 4 is 5.69 Å². The average Bonchev–Trinajstić information content (AvgIpc) is 3.33. The van der Waals surface area contributed by atoms with Crippen LogP contribution in [0.5, 0.6) is 0 Å². The summed E-state index contributed by atoms with van der Waals surface area (Å²) in [5, 5.41) is 10.4. The number of hydrogen-bond acceptors (Lipinski definition) is 3. The second-order valence-corrected chi connectivity index (χ2v) is 9.50. The van der Waals surface area contributed by atoms with E-state index in [0.717, 1.165) is 43.6 Å². The minimum absolute atomic E-state index is 0.583. The first-order chi connectivity index (χ1) is 16.3. The SMILES string of the molecule is N#CC(CCCN1CCC(N2CCc3ccccc32)CC1)(c1ccccc1)c1ccccc1. The van der Waals surface area contributed by atoms with Gasteiger partial charge in [-0.05, 0) is 61.4 Å². The first-order valence-electron chi connectivity index (χ1n) is 12.4. The van der Waals surface area contributed by atoms with Gasteiger partial charge in [-0.15, -0.1) is 0 Å². The summed E-state index contributed by atoms with van der Waals surface area (Å²) in [7, 11) is 0. The molecule has 2 aliphatic heterocycles. The van der Waals surface area contributed by atoms with E-state index in [1.165, 1.54) is 37.1 Å². The van der Waals surface area contributed by atoms with E-state index in [9.17, 15) is 5.26 Å². The lowest BCUT2D eigenvalue weighted by Crippen LogP contribution is -2.44. The molecule has 168 valence electrons. The van der Waals surface area contributed by atoms with E-state index in [1.54, 1.807) is 0 Å². The molecule has 2 heterocycles. The second kappa shape index (κ2) is 9.81. The molecule has 0 spiro atoms. The fourth-order valence-electron chi connectivity index (χ4n) is 5.85. The third-order valence-electron chi connectivity index (χ3n) is 7.67. The first-order valence-corrected chi connectivity index (χ1v) is 12.4. The Morgan fingerprint density at radius 1 is 0.788 bits per heavy atom. The van der Waals surface area contributed by atoms with Gasteiger partial charge in [0.05, 0.1) is 6.07 Å². The van der Waals surface area contributed by atoms with E-state index < -0.39 is 5.41 Å². The molecular weight excluding hydrogens is 402 g/mol. The third-order valence-corrected chi connectivity index (χ3v) is 7.67. The van der Waals surface area contributed by atoms with Gasteiger partial charge in [0.25, 0.3) is 0 Å². The van der Waals surface area contributed by atoms with Gasteiger partial charge in [-0.1, -0.05) is 78.9 Å². The molecule has 0 N–H and O–H groups in total. The molecular formula is C30H33N3. The van der Waals surface area contributed by atoms with Gasteiger partial charge >= 0.3 is 0 Å². The predicted molar refractivity (Wildman–Crippen MR) is 135 cm³/mol. The van der Waals surface area contributed by atoms with Crippen molar-refractivity contribution in [3.05, 3.63) is 102 Å². The zero-order valence-electron chi connectivity index (χ0n) is 19.4. The molecule has 0 amide bonds. The number of nitrogens with zero attached hydrogens (tertiary/aromatic N) is 3. The molecule has 0 radical (unpaired) electrons. The van der Waals surface area contributed by atoms with E-state index in [2.05, 4.69) is 64.4 Å². The summed E-state index contributed by atoms with van der Waals surface area (Å²) in [6.07, 6.45) is 5.52. The molecule has 3 heteroatoms. The van der Waals surface area contributed by atoms with Crippen molar-refractivity contribution in [2.75, 3.05) is 31.1 Å². The van der Waals surface area contributed by atoms with Crippen LogP contribution in [-0.2, 0) is 11.8 Å². The zero-order valence-corrected chi connectivity index (χ0v) is 19.4. The first kappa shape index (κ1) is 21.7. The number of para-hydroxylation sites is 1. The normalized spacial score (nSPS) is 17.0. The van der Waals surface area contributed by atoms with Gasteiger partial charge in [0, 0.05) is 31.4 Å². The fraction of sp³-hybridized carbons (Fsp3) is 0.367. The minimum atomic E-state index is -0.583. The van der Waals surface area contributed by atoms with Crippen LogP contribution in [0.3, 0.4) is 0 Å². The Morgan fingerprint density at radius 3 is 2.03 bits per heavy atom. The van der Waals surface area contributed by atoms with Crippen LogP contribution in [0.25, 0.3) is 0 Å². The summed E-state index contributed by atoms with van der Waals surface area (Å²) < 4.78 is 0. The molecule has 3 nitrogen and oxygen atoms in total. The summed E-state index contributed by atoms with van der Waals surface area (Å²) in [6, 6.07) is 33.0. The minimum Gasteiger partial charge on any atom is -0.368 e. The van der Waals surface area contributed by atoms with E-state index in [1.807, 2.05) is 36.4 Å². The number of anilines is 1. The van der Waals surface area contributed by atoms with Crippen molar-refractivity contribution in [1.29, 1.82) is 5.26 Å². The van der Waals surface area contributed by atoms with Gasteiger partial charge in [-0.2, -0.15) is 5.26 Å². The van der Waals surface area contributed by atoms with Gasteiger partial charge < -0.3 is 9.80 Å². The van der Waals surface area contributed by atoms with Crippen LogP contribution in [0.15, 0.2) is 84.9 Å². The number of nitriles is 1. The number of piperidine rings is 1. The van der Waals surface area contributed by atoms with Crippen LogP contribution in [0, 0.1) is 11.3 Å². The maximum Gasteiger partial charge on any atom is 0.107 e. The number of likely N-dealkylation sites (tertiary alicyclic amines) is 1. The largest absolute Gasteiger partial charge is 0.368 e. The Kier molecular flexibility index (Phi) is 6.46. The van der Waals surface area contributed by atoms with Crippen molar-refractivity contribution in [3.8, 4) is 6.07 Å². The van der Waals surface area contributed by atoms with Crippen LogP contribution < -0.4 is 4.90 Å². The van der Waals surface area contributed by atoms with Crippen LogP contribution in [0.1, 0.15) is 42.4 Å². The maximum atomic E-state index is 10.4. The van der Waals surface area contributed by atoms with Gasteiger partial charge in [0.1, 0.15) is 5.41 Å². The summed E-state index contributed by atoms with van der Waals surface area (Å²) in [6.45, 7) is 4.54. The highest BCUT2D eigenvalue weighted by molar-refractivity contribution is 5.58. The van der Waals surface area contributed by atoms with Gasteiger partial charge in [-0.3, -0.25) is 0 Å². The Balaban J connectivity index is 1.21. The summed E-state index contributed by atoms with van der Waals surface area (Å²) >= 11 is 0. The Bertz CT molecular complexity index is 1040. The molecule has 3 aromatic carbocycles. The molecule has 0 aliphatic carbocycles. The molecule has 0 unspecified atom stereocenters. The summed E-state index contributed by atoms with van der Waals surface area (Å²) in [5.41, 5.74) is 4.59. The molecule has 0 aromatic heterocycles. The molecule has 2 aliphatic rings. The highest BCUT2D eigenvalue weighted by atomic mass is 15.2. The lowest BCUT2D eigenvalue weighted by molar-refractivity contribution is 0.204. The lowest BCUT2D eigenvalue weighted by Gasteiger charge is -2.38. The monoisotopic (exact) mass is 435 g/mol. The molecule has 0 bridgehead atoms. The van der Waals surface area contributed by atoms with Crippen molar-refractivity contribution in [1.82, 2.24) is 4.90 Å². The molecule has 1 fully saturated rings. The molecule has 0 atom stereocenters. The smallest absolute Gasteiger partial charge is 0.107 e. The van der Waals surface area contributed by atoms with E-state index >= 15 is 0 Å². The van der Waals surface area contributed by atoms with E-state index in [4.69, 9.17) is 0 Å². The van der Waals surface area contributed by atoms with E-state index in [-0.39, 0.29) is 0 Å². The van der Waals surface area contributed by atoms with E-state index in [0.29, 0.717) is 6.04 Å². The topological polar surface area (TPSA) is 30.3 Å². The van der Waals surface area contributed by atoms with Crippen molar-refractivity contribution in [3.63, 3.8) is 0 Å². The maximum absolute atomic E-state index is 10.4. The van der Waals surface area contributed by atoms with Crippen LogP contribution in [-0.4, -0.2) is 37.1 Å². The lowest BCUT2D eigenvalue weighted by atomic mass is 9.72. The number of rotatable bonds is 7. The quantitative estimate of drug-likeness (QED) is 0.470. The summed E-state index contributed by atoms with van der Waals surface area (Å²) in [5.74, 6) is 0. The Morgan fingerprint density at radius 2 is 1.39 bits per heavy atom. The van der Waals surface area contributed by atoms with Gasteiger partial charge in [-0.25, -0.2) is 0 Å². The number of hydrogen-bond donors (Lipinski definition) is 0. The number of fused-ring (bicyclic) bond motifs is 1. The Hall–Kier alpha value is -3.09. The summed E-state index contributed by atoms with van der Waals surface area (Å²) in [4.78, 5) is 5.26. The molecule has 0 saturated carbocycles. The zero-order chi connectivity index (χ0) is 22.5. The van der Waals surface area contributed by atoms with Crippen molar-refractivity contribution in [2.24, 2.45) is 0 Å². The standard InChI is InChI=1S/C30H33N3/c31-24-30(26-11-3-1-4-12-26,27-13-5-2-6-14-27)19-9-20-32-21-17-28(18-22-32)33-23-16-25-10-7-8-15-29(25)33/h1-8,10-15,28H,9,16-23H2. The van der Waals surface area contributed by atoms with Crippen molar-refractivity contribution in [2.45, 2.75) is 43.6 Å². The fourth-order valence-corrected chi connectivity index (χ4v) is 5.85. The van der Waals surface area contributed by atoms with Crippen LogP contribution >= 0.6 is 0 Å². The predicted octanol–water partition coefficient (Wildman–Crippen LogP) is 5.80. The number of benzene rings is 3. The molecule has 3 aromatic rings. The van der Waals surface area contributed by atoms with Crippen LogP contribution in [0.2, 0.25) is 0 Å². The van der Waals surface area contributed by atoms with Gasteiger partial charge in [0.2, 0.25) is 0 Å². The van der Waals surface area contributed by atoms with Gasteiger partial charge in [0.15, 0.2) is 0 Å². The Labute approximate surface area is 198 Å². The van der Waals surface area contributed by atoms with Crippen molar-refractivity contribution < 1.29 is 0 Å².